The van der Waals surface area contributed by atoms with Crippen LogP contribution in [-0.4, -0.2) is 25.5 Å². The molecule has 1 N–H and O–H groups in total. The van der Waals surface area contributed by atoms with Gasteiger partial charge in [-0.1, -0.05) is 30.3 Å². The molecular weight excluding hydrogens is 374 g/mol. The number of anilines is 1. The zero-order valence-electron chi connectivity index (χ0n) is 17.1. The van der Waals surface area contributed by atoms with E-state index in [2.05, 4.69) is 10.4 Å². The number of nitrogens with one attached hydrogen (secondary N) is 1. The van der Waals surface area contributed by atoms with E-state index in [1.807, 2.05) is 83.9 Å². The summed E-state index contributed by atoms with van der Waals surface area (Å²) >= 11 is 0. The van der Waals surface area contributed by atoms with Crippen molar-refractivity contribution in [2.75, 3.05) is 5.32 Å². The number of benzene rings is 2. The van der Waals surface area contributed by atoms with Crippen LogP contribution in [0.15, 0.2) is 60.7 Å². The van der Waals surface area contributed by atoms with Crippen LogP contribution in [0.4, 0.5) is 5.69 Å². The Hall–Kier alpha value is -3.67. The summed E-state index contributed by atoms with van der Waals surface area (Å²) < 4.78 is 3.78. The lowest BCUT2D eigenvalue weighted by atomic mass is 10.2. The minimum atomic E-state index is -0.184. The van der Waals surface area contributed by atoms with Gasteiger partial charge in [0.05, 0.1) is 22.8 Å². The molecule has 0 aliphatic heterocycles. The summed E-state index contributed by atoms with van der Waals surface area (Å²) in [5.74, 6) is -0.184. The average molecular weight is 397 g/mol. The van der Waals surface area contributed by atoms with Crippen LogP contribution in [0, 0.1) is 13.8 Å². The second kappa shape index (κ2) is 7.30. The first-order chi connectivity index (χ1) is 14.6. The van der Waals surface area contributed by atoms with Crippen molar-refractivity contribution in [1.82, 2.24) is 19.6 Å². The van der Waals surface area contributed by atoms with Gasteiger partial charge in [-0.3, -0.25) is 4.79 Å². The maximum Gasteiger partial charge on any atom is 0.276 e. The first-order valence-electron chi connectivity index (χ1n) is 10.2. The molecule has 0 saturated carbocycles. The molecule has 1 aliphatic carbocycles. The quantitative estimate of drug-likeness (QED) is 0.555. The molecule has 6 heteroatoms. The fourth-order valence-corrected chi connectivity index (χ4v) is 4.22. The van der Waals surface area contributed by atoms with E-state index in [0.717, 1.165) is 59.0 Å². The highest BCUT2D eigenvalue weighted by molar-refractivity contribution is 6.05. The molecule has 2 heterocycles. The predicted molar refractivity (Wildman–Crippen MR) is 117 cm³/mol. The molecule has 0 spiro atoms. The van der Waals surface area contributed by atoms with E-state index in [9.17, 15) is 4.79 Å². The molecule has 30 heavy (non-hydrogen) atoms. The molecule has 0 unspecified atom stereocenters. The van der Waals surface area contributed by atoms with Crippen molar-refractivity contribution in [1.29, 1.82) is 0 Å². The number of para-hydroxylation sites is 3. The number of hydrogen-bond acceptors (Lipinski definition) is 3. The van der Waals surface area contributed by atoms with Crippen molar-refractivity contribution < 1.29 is 4.79 Å². The molecule has 1 amide bonds. The summed E-state index contributed by atoms with van der Waals surface area (Å²) in [5.41, 5.74) is 7.20. The molecule has 6 nitrogen and oxygen atoms in total. The third kappa shape index (κ3) is 3.10. The van der Waals surface area contributed by atoms with E-state index >= 15 is 0 Å². The second-order valence-electron chi connectivity index (χ2n) is 7.68. The first-order valence-corrected chi connectivity index (χ1v) is 10.2. The number of hydrogen-bond donors (Lipinski definition) is 1. The van der Waals surface area contributed by atoms with Gasteiger partial charge in [0, 0.05) is 17.0 Å². The minimum Gasteiger partial charge on any atom is -0.319 e. The Balaban J connectivity index is 1.52. The zero-order chi connectivity index (χ0) is 20.7. The number of rotatable bonds is 4. The average Bonchev–Trinajstić information content (AvgIpc) is 3.44. The number of amides is 1. The van der Waals surface area contributed by atoms with Gasteiger partial charge in [0.25, 0.3) is 5.91 Å². The molecule has 150 valence electrons. The van der Waals surface area contributed by atoms with E-state index in [1.54, 1.807) is 0 Å². The number of nitrogens with zero attached hydrogens (tertiary/aromatic N) is 4. The highest BCUT2D eigenvalue weighted by atomic mass is 16.2. The maximum absolute atomic E-state index is 13.3. The summed E-state index contributed by atoms with van der Waals surface area (Å²) in [6, 6.07) is 19.7. The molecule has 5 rings (SSSR count). The molecule has 0 fully saturated rings. The highest BCUT2D eigenvalue weighted by Crippen LogP contribution is 2.29. The Morgan fingerprint density at radius 1 is 0.933 bits per heavy atom. The van der Waals surface area contributed by atoms with Crippen molar-refractivity contribution in [3.63, 3.8) is 0 Å². The second-order valence-corrected chi connectivity index (χ2v) is 7.68. The van der Waals surface area contributed by atoms with E-state index in [4.69, 9.17) is 5.10 Å². The molecule has 1 aliphatic rings. The number of carbonyl (C=O) groups excluding carboxylic acids is 1. The Labute approximate surface area is 175 Å². The van der Waals surface area contributed by atoms with E-state index in [0.29, 0.717) is 5.69 Å². The summed E-state index contributed by atoms with van der Waals surface area (Å²) in [6.07, 6.45) is 2.86. The van der Waals surface area contributed by atoms with Gasteiger partial charge in [-0.2, -0.15) is 10.2 Å². The lowest BCUT2D eigenvalue weighted by Gasteiger charge is -2.12. The Morgan fingerprint density at radius 2 is 1.70 bits per heavy atom. The Bertz CT molecular complexity index is 1240. The van der Waals surface area contributed by atoms with Crippen LogP contribution in [0.5, 0.6) is 0 Å². The van der Waals surface area contributed by atoms with Gasteiger partial charge in [0.1, 0.15) is 0 Å². The van der Waals surface area contributed by atoms with Crippen molar-refractivity contribution in [3.8, 4) is 11.4 Å². The van der Waals surface area contributed by atoms with Crippen molar-refractivity contribution in [3.05, 3.63) is 89.0 Å². The van der Waals surface area contributed by atoms with Gasteiger partial charge in [0.2, 0.25) is 0 Å². The van der Waals surface area contributed by atoms with E-state index in [-0.39, 0.29) is 5.91 Å². The third-order valence-corrected chi connectivity index (χ3v) is 5.54. The summed E-state index contributed by atoms with van der Waals surface area (Å²) in [5, 5.41) is 12.4. The Kier molecular flexibility index (Phi) is 4.47. The Morgan fingerprint density at radius 3 is 2.47 bits per heavy atom. The van der Waals surface area contributed by atoms with Gasteiger partial charge >= 0.3 is 0 Å². The smallest absolute Gasteiger partial charge is 0.276 e. The van der Waals surface area contributed by atoms with Gasteiger partial charge in [0.15, 0.2) is 5.69 Å². The van der Waals surface area contributed by atoms with Crippen LogP contribution < -0.4 is 5.32 Å². The fourth-order valence-electron chi connectivity index (χ4n) is 4.22. The first kappa shape index (κ1) is 18.4. The third-order valence-electron chi connectivity index (χ3n) is 5.54. The summed E-state index contributed by atoms with van der Waals surface area (Å²) in [4.78, 5) is 13.3. The van der Waals surface area contributed by atoms with Crippen molar-refractivity contribution >= 4 is 11.6 Å². The zero-order valence-corrected chi connectivity index (χ0v) is 17.1. The highest BCUT2D eigenvalue weighted by Gasteiger charge is 2.27. The molecular formula is C24H23N5O. The van der Waals surface area contributed by atoms with Crippen LogP contribution in [0.3, 0.4) is 0 Å². The molecule has 2 aromatic carbocycles. The molecule has 2 aromatic heterocycles. The normalized spacial score (nSPS) is 12.7. The monoisotopic (exact) mass is 397 g/mol. The largest absolute Gasteiger partial charge is 0.319 e. The van der Waals surface area contributed by atoms with Gasteiger partial charge in [-0.15, -0.1) is 0 Å². The SMILES string of the molecule is Cc1cc(C)n(-c2ccccc2NC(=O)c2nn(-c3ccccc3)c3c2CCC3)n1. The topological polar surface area (TPSA) is 64.7 Å². The van der Waals surface area contributed by atoms with Crippen LogP contribution in [0.25, 0.3) is 11.4 Å². The molecule has 0 atom stereocenters. The lowest BCUT2D eigenvalue weighted by Crippen LogP contribution is -2.17. The predicted octanol–water partition coefficient (Wildman–Crippen LogP) is 4.42. The standard InChI is InChI=1S/C24H23N5O/c1-16-15-17(2)28(26-16)22-13-7-6-12-20(22)25-24(30)23-19-11-8-14-21(19)29(27-23)18-9-4-3-5-10-18/h3-7,9-10,12-13,15H,8,11,14H2,1-2H3,(H,25,30). The molecule has 4 aromatic rings. The summed E-state index contributed by atoms with van der Waals surface area (Å²) in [6.45, 7) is 3.97. The molecule has 0 bridgehead atoms. The van der Waals surface area contributed by atoms with Crippen LogP contribution in [0.1, 0.15) is 39.6 Å². The van der Waals surface area contributed by atoms with Crippen molar-refractivity contribution in [2.24, 2.45) is 0 Å². The van der Waals surface area contributed by atoms with Crippen LogP contribution in [-0.2, 0) is 12.8 Å². The van der Waals surface area contributed by atoms with E-state index < -0.39 is 0 Å². The van der Waals surface area contributed by atoms with Gasteiger partial charge in [-0.05, 0) is 63.4 Å². The van der Waals surface area contributed by atoms with Gasteiger partial charge in [-0.25, -0.2) is 9.36 Å². The number of carbonyl (C=O) groups is 1. The molecule has 0 radical (unpaired) electrons. The number of aryl methyl sites for hydroxylation is 2. The van der Waals surface area contributed by atoms with Gasteiger partial charge < -0.3 is 5.32 Å². The maximum atomic E-state index is 13.3. The van der Waals surface area contributed by atoms with E-state index in [1.165, 1.54) is 0 Å². The van der Waals surface area contributed by atoms with Crippen molar-refractivity contribution in [2.45, 2.75) is 33.1 Å². The van der Waals surface area contributed by atoms with Crippen LogP contribution >= 0.6 is 0 Å². The minimum absolute atomic E-state index is 0.184. The number of aromatic nitrogens is 4. The molecule has 0 saturated heterocycles. The lowest BCUT2D eigenvalue weighted by molar-refractivity contribution is 0.102. The summed E-state index contributed by atoms with van der Waals surface area (Å²) in [7, 11) is 0. The van der Waals surface area contributed by atoms with Crippen LogP contribution in [0.2, 0.25) is 0 Å². The fraction of sp³-hybridized carbons (Fsp3) is 0.208. The number of fused-ring (bicyclic) bond motifs is 1.